The third-order valence-electron chi connectivity index (χ3n) is 2.68. The molecule has 0 unspecified atom stereocenters. The zero-order chi connectivity index (χ0) is 14.8. The number of rotatable bonds is 2. The van der Waals surface area contributed by atoms with Crippen LogP contribution in [0, 0.1) is 11.3 Å². The van der Waals surface area contributed by atoms with E-state index in [2.05, 4.69) is 53.1 Å². The lowest BCUT2D eigenvalue weighted by atomic mass is 10.1. The topological polar surface area (TPSA) is 75.6 Å². The molecule has 3 aromatic rings. The van der Waals surface area contributed by atoms with E-state index in [4.69, 9.17) is 9.78 Å². The monoisotopic (exact) mass is 404 g/mol. The first-order chi connectivity index (χ1) is 10.2. The van der Waals surface area contributed by atoms with Crippen LogP contribution in [0.1, 0.15) is 5.56 Å². The van der Waals surface area contributed by atoms with E-state index in [9.17, 15) is 0 Å². The van der Waals surface area contributed by atoms with E-state index in [1.807, 2.05) is 12.1 Å². The summed E-state index contributed by atoms with van der Waals surface area (Å²) >= 11 is 6.75. The van der Waals surface area contributed by atoms with Crippen molar-refractivity contribution in [1.29, 1.82) is 5.26 Å². The van der Waals surface area contributed by atoms with Crippen LogP contribution >= 0.6 is 31.9 Å². The highest BCUT2D eigenvalue weighted by molar-refractivity contribution is 9.11. The predicted octanol–water partition coefficient (Wildman–Crippen LogP) is 4.20. The van der Waals surface area contributed by atoms with Gasteiger partial charge in [-0.05, 0) is 56.1 Å². The number of nitriles is 1. The Morgan fingerprint density at radius 3 is 2.81 bits per heavy atom. The number of nitrogens with zero attached hydrogens (tertiary/aromatic N) is 4. The molecule has 0 aliphatic carbocycles. The highest BCUT2D eigenvalue weighted by atomic mass is 79.9. The second-order valence-corrected chi connectivity index (χ2v) is 5.87. The Balaban J connectivity index is 2.02. The maximum atomic E-state index is 8.92. The zero-order valence-corrected chi connectivity index (χ0v) is 13.6. The Hall–Kier alpha value is -2.04. The Morgan fingerprint density at radius 1 is 1.19 bits per heavy atom. The molecule has 21 heavy (non-hydrogen) atoms. The van der Waals surface area contributed by atoms with Crippen molar-refractivity contribution in [3.8, 4) is 29.0 Å². The lowest BCUT2D eigenvalue weighted by molar-refractivity contribution is 0.432. The van der Waals surface area contributed by atoms with Gasteiger partial charge < -0.3 is 4.52 Å². The van der Waals surface area contributed by atoms with Crippen LogP contribution in [0.3, 0.4) is 0 Å². The summed E-state index contributed by atoms with van der Waals surface area (Å²) in [5.41, 5.74) is 1.82. The second-order valence-electron chi connectivity index (χ2n) is 4.10. The Kier molecular flexibility index (Phi) is 3.82. The van der Waals surface area contributed by atoms with E-state index in [1.165, 1.54) is 0 Å². The van der Waals surface area contributed by atoms with Gasteiger partial charge in [0, 0.05) is 20.7 Å². The molecular formula is C14H6Br2N4O. The SMILES string of the molecule is N#Cc1cccc(-c2nc(-c3ncc(Br)cc3Br)no2)c1. The Morgan fingerprint density at radius 2 is 2.05 bits per heavy atom. The molecule has 0 amide bonds. The summed E-state index contributed by atoms with van der Waals surface area (Å²) in [5, 5.41) is 12.8. The van der Waals surface area contributed by atoms with E-state index >= 15 is 0 Å². The minimum atomic E-state index is 0.346. The first-order valence-corrected chi connectivity index (χ1v) is 7.41. The Bertz CT molecular complexity index is 854. The Labute approximate surface area is 136 Å². The fraction of sp³-hybridized carbons (Fsp3) is 0. The predicted molar refractivity (Wildman–Crippen MR) is 83.1 cm³/mol. The van der Waals surface area contributed by atoms with Crippen LogP contribution in [-0.4, -0.2) is 15.1 Å². The van der Waals surface area contributed by atoms with Gasteiger partial charge in [0.25, 0.3) is 5.89 Å². The minimum Gasteiger partial charge on any atom is -0.334 e. The smallest absolute Gasteiger partial charge is 0.258 e. The summed E-state index contributed by atoms with van der Waals surface area (Å²) in [6.07, 6.45) is 1.66. The summed E-state index contributed by atoms with van der Waals surface area (Å²) in [6, 6.07) is 10.9. The maximum absolute atomic E-state index is 8.92. The third kappa shape index (κ3) is 2.86. The summed E-state index contributed by atoms with van der Waals surface area (Å²) in [6.45, 7) is 0. The van der Waals surface area contributed by atoms with Gasteiger partial charge in [0.1, 0.15) is 5.69 Å². The molecule has 0 spiro atoms. The molecule has 5 nitrogen and oxygen atoms in total. The van der Waals surface area contributed by atoms with E-state index in [0.717, 1.165) is 8.95 Å². The molecule has 2 aromatic heterocycles. The fourth-order valence-electron chi connectivity index (χ4n) is 1.74. The third-order valence-corrected chi connectivity index (χ3v) is 3.72. The molecule has 0 aliphatic heterocycles. The number of benzene rings is 1. The van der Waals surface area contributed by atoms with Crippen molar-refractivity contribution in [2.45, 2.75) is 0 Å². The highest BCUT2D eigenvalue weighted by Crippen LogP contribution is 2.28. The van der Waals surface area contributed by atoms with Crippen molar-refractivity contribution < 1.29 is 4.52 Å². The number of hydrogen-bond donors (Lipinski definition) is 0. The van der Waals surface area contributed by atoms with Crippen molar-refractivity contribution >= 4 is 31.9 Å². The van der Waals surface area contributed by atoms with E-state index < -0.39 is 0 Å². The maximum Gasteiger partial charge on any atom is 0.258 e. The summed E-state index contributed by atoms with van der Waals surface area (Å²) in [7, 11) is 0. The molecular weight excluding hydrogens is 400 g/mol. The average Bonchev–Trinajstić information content (AvgIpc) is 2.97. The van der Waals surface area contributed by atoms with Gasteiger partial charge >= 0.3 is 0 Å². The average molecular weight is 406 g/mol. The molecule has 3 rings (SSSR count). The van der Waals surface area contributed by atoms with Gasteiger partial charge in [-0.2, -0.15) is 10.2 Å². The molecule has 0 N–H and O–H groups in total. The van der Waals surface area contributed by atoms with Crippen LogP contribution in [0.2, 0.25) is 0 Å². The molecule has 0 fully saturated rings. The van der Waals surface area contributed by atoms with Crippen LogP contribution in [0.5, 0.6) is 0 Å². The number of hydrogen-bond acceptors (Lipinski definition) is 5. The molecule has 0 atom stereocenters. The summed E-state index contributed by atoms with van der Waals surface area (Å²) in [4.78, 5) is 8.58. The van der Waals surface area contributed by atoms with E-state index in [-0.39, 0.29) is 0 Å². The molecule has 0 saturated carbocycles. The van der Waals surface area contributed by atoms with Crippen molar-refractivity contribution in [2.24, 2.45) is 0 Å². The van der Waals surface area contributed by atoms with Crippen LogP contribution < -0.4 is 0 Å². The van der Waals surface area contributed by atoms with Crippen LogP contribution in [0.15, 0.2) is 50.0 Å². The van der Waals surface area contributed by atoms with Gasteiger partial charge in [0.15, 0.2) is 0 Å². The van der Waals surface area contributed by atoms with Gasteiger partial charge in [-0.15, -0.1) is 0 Å². The molecule has 7 heteroatoms. The first kappa shape index (κ1) is 13.9. The van der Waals surface area contributed by atoms with Gasteiger partial charge in [-0.1, -0.05) is 11.2 Å². The number of aromatic nitrogens is 3. The van der Waals surface area contributed by atoms with Crippen molar-refractivity contribution in [3.05, 3.63) is 51.0 Å². The lowest BCUT2D eigenvalue weighted by Gasteiger charge is -1.98. The van der Waals surface area contributed by atoms with E-state index in [1.54, 1.807) is 24.4 Å². The first-order valence-electron chi connectivity index (χ1n) is 5.83. The largest absolute Gasteiger partial charge is 0.334 e. The highest BCUT2D eigenvalue weighted by Gasteiger charge is 2.14. The van der Waals surface area contributed by atoms with Gasteiger partial charge in [0.2, 0.25) is 5.82 Å². The molecule has 2 heterocycles. The summed E-state index contributed by atoms with van der Waals surface area (Å²) < 4.78 is 6.86. The zero-order valence-electron chi connectivity index (χ0n) is 10.4. The number of halogens is 2. The molecule has 0 saturated heterocycles. The van der Waals surface area contributed by atoms with Crippen molar-refractivity contribution in [1.82, 2.24) is 15.1 Å². The molecule has 102 valence electrons. The van der Waals surface area contributed by atoms with Crippen molar-refractivity contribution in [3.63, 3.8) is 0 Å². The van der Waals surface area contributed by atoms with Gasteiger partial charge in [-0.3, -0.25) is 4.98 Å². The summed E-state index contributed by atoms with van der Waals surface area (Å²) in [5.74, 6) is 0.727. The lowest BCUT2D eigenvalue weighted by Crippen LogP contribution is -1.88. The quantitative estimate of drug-likeness (QED) is 0.638. The number of pyridine rings is 1. The molecule has 0 aliphatic rings. The molecule has 0 bridgehead atoms. The molecule has 1 aromatic carbocycles. The van der Waals surface area contributed by atoms with Gasteiger partial charge in [0.05, 0.1) is 11.6 Å². The van der Waals surface area contributed by atoms with Crippen molar-refractivity contribution in [2.75, 3.05) is 0 Å². The van der Waals surface area contributed by atoms with Crippen LogP contribution in [-0.2, 0) is 0 Å². The fourth-order valence-corrected chi connectivity index (χ4v) is 2.90. The van der Waals surface area contributed by atoms with Crippen LogP contribution in [0.4, 0.5) is 0 Å². The standard InChI is InChI=1S/C14H6Br2N4O/c15-10-5-11(16)12(18-7-10)13-19-14(21-20-13)9-3-1-2-8(4-9)6-17/h1-5,7H. The second kappa shape index (κ2) is 5.76. The van der Waals surface area contributed by atoms with Gasteiger partial charge in [-0.25, -0.2) is 0 Å². The normalized spacial score (nSPS) is 10.3. The van der Waals surface area contributed by atoms with E-state index in [0.29, 0.717) is 28.5 Å². The van der Waals surface area contributed by atoms with Crippen LogP contribution in [0.25, 0.3) is 23.0 Å². The minimum absolute atomic E-state index is 0.346. The molecule has 0 radical (unpaired) electrons.